The van der Waals surface area contributed by atoms with Gasteiger partial charge in [-0.25, -0.2) is 0 Å². The highest BCUT2D eigenvalue weighted by atomic mass is 28.4. The Balaban J connectivity index is 2.11. The maximum atomic E-state index is 9.79. The minimum Gasteiger partial charge on any atom is -0.408 e. The summed E-state index contributed by atoms with van der Waals surface area (Å²) in [4.78, 5) is 0. The third-order valence-electron chi connectivity index (χ3n) is 3.71. The number of hydrogen-bond acceptors (Lipinski definition) is 2. The van der Waals surface area contributed by atoms with Crippen LogP contribution in [-0.4, -0.2) is 19.5 Å². The second-order valence-corrected chi connectivity index (χ2v) is 10.4. The average Bonchev–Trinajstić information content (AvgIpc) is 2.71. The van der Waals surface area contributed by atoms with Crippen molar-refractivity contribution in [2.75, 3.05) is 0 Å². The van der Waals surface area contributed by atoms with Crippen molar-refractivity contribution in [1.29, 1.82) is 0 Å². The molecule has 0 unspecified atom stereocenters. The number of hydrogen-bond donors (Lipinski definition) is 1. The van der Waals surface area contributed by atoms with Gasteiger partial charge in [-0.05, 0) is 16.6 Å². The smallest absolute Gasteiger partial charge is 0.225 e. The van der Waals surface area contributed by atoms with Crippen molar-refractivity contribution in [2.24, 2.45) is 0 Å². The Kier molecular flexibility index (Phi) is 3.75. The molecule has 1 aromatic carbocycles. The van der Waals surface area contributed by atoms with Crippen LogP contribution in [-0.2, 0) is 11.0 Å². The number of benzene rings is 1. The summed E-state index contributed by atoms with van der Waals surface area (Å²) in [6, 6.07) is 11.0. The predicted molar refractivity (Wildman–Crippen MR) is 76.7 cm³/mol. The zero-order valence-electron chi connectivity index (χ0n) is 11.4. The molecule has 1 heterocycles. The standard InChI is InChI=1S/C15H22O2Si/c1-15(2,3)18(10-9-14(16)12-18)17-11-13-7-5-4-6-8-13/h4-10,14,16H,11-12H2,1-3H3/t14-,18+/m0/s1. The molecule has 2 rings (SSSR count). The van der Waals surface area contributed by atoms with Crippen LogP contribution in [0, 0.1) is 0 Å². The molecule has 0 fully saturated rings. The van der Waals surface area contributed by atoms with E-state index in [0.717, 1.165) is 6.04 Å². The molecule has 18 heavy (non-hydrogen) atoms. The molecule has 0 spiro atoms. The molecule has 98 valence electrons. The van der Waals surface area contributed by atoms with Crippen LogP contribution in [0.3, 0.4) is 0 Å². The molecule has 1 aliphatic rings. The molecule has 0 bridgehead atoms. The number of rotatable bonds is 3. The van der Waals surface area contributed by atoms with Crippen molar-refractivity contribution >= 4 is 8.32 Å². The van der Waals surface area contributed by atoms with Crippen molar-refractivity contribution in [2.45, 2.75) is 44.6 Å². The minimum absolute atomic E-state index is 0.107. The summed E-state index contributed by atoms with van der Waals surface area (Å²) in [6.07, 6.45) is 1.58. The van der Waals surface area contributed by atoms with Crippen molar-refractivity contribution in [3.05, 3.63) is 47.7 Å². The van der Waals surface area contributed by atoms with Gasteiger partial charge in [0.05, 0.1) is 12.7 Å². The fraction of sp³-hybridized carbons (Fsp3) is 0.467. The Bertz CT molecular complexity index is 422. The fourth-order valence-corrected chi connectivity index (χ4v) is 5.99. The van der Waals surface area contributed by atoms with E-state index in [9.17, 15) is 5.11 Å². The Morgan fingerprint density at radius 2 is 1.94 bits per heavy atom. The highest BCUT2D eigenvalue weighted by Crippen LogP contribution is 2.44. The van der Waals surface area contributed by atoms with Crippen LogP contribution < -0.4 is 0 Å². The van der Waals surface area contributed by atoms with Crippen LogP contribution in [0.4, 0.5) is 0 Å². The summed E-state index contributed by atoms with van der Waals surface area (Å²) < 4.78 is 6.30. The van der Waals surface area contributed by atoms with Crippen molar-refractivity contribution in [1.82, 2.24) is 0 Å². The molecule has 0 saturated carbocycles. The summed E-state index contributed by atoms with van der Waals surface area (Å²) in [7, 11) is -2.01. The molecule has 1 aliphatic heterocycles. The average molecular weight is 262 g/mol. The largest absolute Gasteiger partial charge is 0.408 e. The molecule has 1 N–H and O–H groups in total. The van der Waals surface area contributed by atoms with Gasteiger partial charge in [0.15, 0.2) is 0 Å². The van der Waals surface area contributed by atoms with E-state index in [1.165, 1.54) is 5.56 Å². The summed E-state index contributed by atoms with van der Waals surface area (Å²) >= 11 is 0. The zero-order valence-corrected chi connectivity index (χ0v) is 12.4. The van der Waals surface area contributed by atoms with E-state index >= 15 is 0 Å². The van der Waals surface area contributed by atoms with Gasteiger partial charge in [-0.3, -0.25) is 0 Å². The fourth-order valence-electron chi connectivity index (χ4n) is 2.38. The Morgan fingerprint density at radius 1 is 1.28 bits per heavy atom. The van der Waals surface area contributed by atoms with Gasteiger partial charge in [0.1, 0.15) is 0 Å². The summed E-state index contributed by atoms with van der Waals surface area (Å²) in [5.41, 5.74) is 3.36. The van der Waals surface area contributed by atoms with E-state index in [2.05, 4.69) is 38.6 Å². The number of aliphatic hydroxyl groups is 1. The first-order valence-corrected chi connectivity index (χ1v) is 8.68. The van der Waals surface area contributed by atoms with E-state index in [1.807, 2.05) is 24.3 Å². The quantitative estimate of drug-likeness (QED) is 0.846. The van der Waals surface area contributed by atoms with Crippen LogP contribution in [0.25, 0.3) is 0 Å². The SMILES string of the molecule is CC(C)(C)[Si@@]1(OCc2ccccc2)C=C[C@H](O)C1. The molecule has 1 aromatic rings. The molecular weight excluding hydrogens is 240 g/mol. The highest BCUT2D eigenvalue weighted by Gasteiger charge is 2.48. The maximum absolute atomic E-state index is 9.79. The van der Waals surface area contributed by atoms with Crippen molar-refractivity contribution in [3.63, 3.8) is 0 Å². The first-order valence-electron chi connectivity index (χ1n) is 6.48. The topological polar surface area (TPSA) is 29.5 Å². The lowest BCUT2D eigenvalue weighted by molar-refractivity contribution is 0.225. The maximum Gasteiger partial charge on any atom is 0.225 e. The normalized spacial score (nSPS) is 27.7. The van der Waals surface area contributed by atoms with E-state index in [-0.39, 0.29) is 11.1 Å². The minimum atomic E-state index is -2.01. The summed E-state index contributed by atoms with van der Waals surface area (Å²) in [5.74, 6) is 0. The van der Waals surface area contributed by atoms with Crippen LogP contribution in [0.1, 0.15) is 26.3 Å². The van der Waals surface area contributed by atoms with E-state index in [1.54, 1.807) is 0 Å². The molecule has 0 aliphatic carbocycles. The van der Waals surface area contributed by atoms with Crippen LogP contribution >= 0.6 is 0 Å². The molecule has 2 nitrogen and oxygen atoms in total. The predicted octanol–water partition coefficient (Wildman–Crippen LogP) is 3.42. The third kappa shape index (κ3) is 2.74. The van der Waals surface area contributed by atoms with Crippen molar-refractivity contribution < 1.29 is 9.53 Å². The lowest BCUT2D eigenvalue weighted by atomic mass is 10.2. The van der Waals surface area contributed by atoms with Crippen LogP contribution in [0.5, 0.6) is 0 Å². The number of aliphatic hydroxyl groups excluding tert-OH is 1. The molecular formula is C15H22O2Si. The van der Waals surface area contributed by atoms with Gasteiger partial charge < -0.3 is 9.53 Å². The van der Waals surface area contributed by atoms with E-state index in [4.69, 9.17) is 4.43 Å². The van der Waals surface area contributed by atoms with E-state index < -0.39 is 8.32 Å². The van der Waals surface area contributed by atoms with Gasteiger partial charge in [0.25, 0.3) is 0 Å². The van der Waals surface area contributed by atoms with Gasteiger partial charge in [0.2, 0.25) is 8.32 Å². The van der Waals surface area contributed by atoms with Crippen LogP contribution in [0.15, 0.2) is 42.1 Å². The molecule has 0 radical (unpaired) electrons. The lowest BCUT2D eigenvalue weighted by Gasteiger charge is -2.38. The van der Waals surface area contributed by atoms with Crippen LogP contribution in [0.2, 0.25) is 11.1 Å². The monoisotopic (exact) mass is 262 g/mol. The first kappa shape index (κ1) is 13.5. The van der Waals surface area contributed by atoms with Gasteiger partial charge in [-0.15, -0.1) is 0 Å². The Hall–Kier alpha value is -0.903. The zero-order chi connectivity index (χ0) is 13.2. The van der Waals surface area contributed by atoms with E-state index in [0.29, 0.717) is 6.61 Å². The van der Waals surface area contributed by atoms with Gasteiger partial charge >= 0.3 is 0 Å². The second-order valence-electron chi connectivity index (χ2n) is 6.04. The molecule has 3 heteroatoms. The van der Waals surface area contributed by atoms with Gasteiger partial charge in [-0.1, -0.05) is 62.9 Å². The molecule has 0 amide bonds. The highest BCUT2D eigenvalue weighted by molar-refractivity contribution is 6.82. The third-order valence-corrected chi connectivity index (χ3v) is 8.66. The molecule has 2 atom stereocenters. The Labute approximate surface area is 110 Å². The van der Waals surface area contributed by atoms with Gasteiger partial charge in [0, 0.05) is 0 Å². The molecule has 0 aromatic heterocycles. The van der Waals surface area contributed by atoms with Gasteiger partial charge in [-0.2, -0.15) is 0 Å². The second kappa shape index (κ2) is 5.00. The molecule has 0 saturated heterocycles. The van der Waals surface area contributed by atoms with Crippen molar-refractivity contribution in [3.8, 4) is 0 Å². The summed E-state index contributed by atoms with van der Waals surface area (Å²) in [6.45, 7) is 7.28. The Morgan fingerprint density at radius 3 is 2.44 bits per heavy atom. The lowest BCUT2D eigenvalue weighted by Crippen LogP contribution is -2.45. The summed E-state index contributed by atoms with van der Waals surface area (Å²) in [5, 5.41) is 9.90. The first-order chi connectivity index (χ1) is 8.43.